The molecule has 0 aliphatic carbocycles. The maximum atomic E-state index is 11.0. The molecule has 0 radical (unpaired) electrons. The van der Waals surface area contributed by atoms with Gasteiger partial charge in [0.25, 0.3) is 0 Å². The molecule has 1 heterocycles. The van der Waals surface area contributed by atoms with Crippen LogP contribution in [0.25, 0.3) is 6.08 Å². The third-order valence-electron chi connectivity index (χ3n) is 1.39. The summed E-state index contributed by atoms with van der Waals surface area (Å²) in [5.74, 6) is -0.346. The molecule has 0 saturated heterocycles. The van der Waals surface area contributed by atoms with E-state index < -0.39 is 0 Å². The zero-order valence-corrected chi connectivity index (χ0v) is 6.26. The molecular weight excluding hydrogens is 142 g/mol. The minimum Gasteiger partial charge on any atom is -0.465 e. The molecule has 0 aliphatic heterocycles. The fourth-order valence-electron chi connectivity index (χ4n) is 0.839. The lowest BCUT2D eigenvalue weighted by Crippen LogP contribution is -2.00. The van der Waals surface area contributed by atoms with Gasteiger partial charge >= 0.3 is 5.97 Å². The number of aromatic amines is 1. The summed E-state index contributed by atoms with van der Waals surface area (Å²) < 4.78 is 4.53. The Hall–Kier alpha value is -1.51. The van der Waals surface area contributed by atoms with Crippen molar-refractivity contribution in [3.63, 3.8) is 0 Å². The molecule has 3 heteroatoms. The smallest absolute Gasteiger partial charge is 0.340 e. The number of hydrogen-bond acceptors (Lipinski definition) is 2. The van der Waals surface area contributed by atoms with Gasteiger partial charge in [0.15, 0.2) is 0 Å². The first kappa shape index (κ1) is 7.60. The molecule has 1 aromatic rings. The molecule has 0 bridgehead atoms. The molecule has 0 fully saturated rings. The first-order valence-corrected chi connectivity index (χ1v) is 3.17. The van der Waals surface area contributed by atoms with Crippen molar-refractivity contribution < 1.29 is 9.53 Å². The van der Waals surface area contributed by atoms with Crippen LogP contribution in [0.3, 0.4) is 0 Å². The topological polar surface area (TPSA) is 42.1 Å². The summed E-state index contributed by atoms with van der Waals surface area (Å²) in [6, 6.07) is 1.66. The van der Waals surface area contributed by atoms with Crippen molar-refractivity contribution in [2.45, 2.75) is 0 Å². The lowest BCUT2D eigenvalue weighted by Gasteiger charge is -1.95. The summed E-state index contributed by atoms with van der Waals surface area (Å²) in [4.78, 5) is 13.8. The number of nitrogens with one attached hydrogen (secondary N) is 1. The molecule has 0 spiro atoms. The van der Waals surface area contributed by atoms with Crippen molar-refractivity contribution in [2.75, 3.05) is 7.11 Å². The van der Waals surface area contributed by atoms with Crippen molar-refractivity contribution in [2.24, 2.45) is 0 Å². The molecule has 0 unspecified atom stereocenters. The fraction of sp³-hybridized carbons (Fsp3) is 0.125. The van der Waals surface area contributed by atoms with Crippen LogP contribution >= 0.6 is 0 Å². The Bertz CT molecular complexity index is 275. The van der Waals surface area contributed by atoms with Gasteiger partial charge in [0, 0.05) is 6.20 Å². The molecule has 58 valence electrons. The summed E-state index contributed by atoms with van der Waals surface area (Å²) in [6.07, 6.45) is 3.25. The van der Waals surface area contributed by atoms with Gasteiger partial charge in [-0.1, -0.05) is 6.58 Å². The van der Waals surface area contributed by atoms with Gasteiger partial charge in [-0.05, 0) is 12.1 Å². The second-order valence-electron chi connectivity index (χ2n) is 2.00. The Morgan fingerprint density at radius 3 is 3.09 bits per heavy atom. The van der Waals surface area contributed by atoms with Crippen molar-refractivity contribution >= 4 is 12.0 Å². The Balaban J connectivity index is 3.01. The van der Waals surface area contributed by atoms with Crippen LogP contribution < -0.4 is 0 Å². The zero-order chi connectivity index (χ0) is 8.27. The van der Waals surface area contributed by atoms with Gasteiger partial charge in [-0.3, -0.25) is 0 Å². The molecule has 1 aromatic heterocycles. The highest BCUT2D eigenvalue weighted by molar-refractivity contribution is 5.92. The highest BCUT2D eigenvalue weighted by Crippen LogP contribution is 2.08. The van der Waals surface area contributed by atoms with E-state index in [2.05, 4.69) is 16.3 Å². The molecule has 0 saturated carbocycles. The predicted molar refractivity (Wildman–Crippen MR) is 42.2 cm³/mol. The minimum absolute atomic E-state index is 0.346. The van der Waals surface area contributed by atoms with Gasteiger partial charge in [-0.15, -0.1) is 0 Å². The molecule has 1 rings (SSSR count). The first-order chi connectivity index (χ1) is 5.29. The predicted octanol–water partition coefficient (Wildman–Crippen LogP) is 1.44. The quantitative estimate of drug-likeness (QED) is 0.650. The Kier molecular flexibility index (Phi) is 2.11. The van der Waals surface area contributed by atoms with Crippen LogP contribution in [0.2, 0.25) is 0 Å². The van der Waals surface area contributed by atoms with E-state index in [1.807, 2.05) is 0 Å². The van der Waals surface area contributed by atoms with Crippen LogP contribution in [0.5, 0.6) is 0 Å². The minimum atomic E-state index is -0.346. The Morgan fingerprint density at radius 2 is 2.55 bits per heavy atom. The van der Waals surface area contributed by atoms with E-state index >= 15 is 0 Å². The average Bonchev–Trinajstić information content (AvgIpc) is 2.50. The van der Waals surface area contributed by atoms with Crippen LogP contribution in [0.15, 0.2) is 18.8 Å². The van der Waals surface area contributed by atoms with Gasteiger partial charge in [0.05, 0.1) is 18.4 Å². The van der Waals surface area contributed by atoms with Gasteiger partial charge in [0.1, 0.15) is 0 Å². The highest BCUT2D eigenvalue weighted by Gasteiger charge is 2.09. The molecule has 0 aliphatic rings. The van der Waals surface area contributed by atoms with E-state index in [0.29, 0.717) is 11.3 Å². The number of methoxy groups -OCH3 is 1. The normalized spacial score (nSPS) is 9.18. The summed E-state index contributed by atoms with van der Waals surface area (Å²) >= 11 is 0. The molecule has 0 amide bonds. The van der Waals surface area contributed by atoms with E-state index in [1.165, 1.54) is 7.11 Å². The summed E-state index contributed by atoms with van der Waals surface area (Å²) in [5.41, 5.74) is 1.21. The first-order valence-electron chi connectivity index (χ1n) is 3.17. The van der Waals surface area contributed by atoms with Gasteiger partial charge in [-0.2, -0.15) is 0 Å². The van der Waals surface area contributed by atoms with Crippen molar-refractivity contribution in [3.8, 4) is 0 Å². The summed E-state index contributed by atoms with van der Waals surface area (Å²) in [5, 5.41) is 0. The number of esters is 1. The highest BCUT2D eigenvalue weighted by atomic mass is 16.5. The molecule has 0 aromatic carbocycles. The summed E-state index contributed by atoms with van der Waals surface area (Å²) in [6.45, 7) is 3.54. The maximum Gasteiger partial charge on any atom is 0.340 e. The van der Waals surface area contributed by atoms with Crippen molar-refractivity contribution in [3.05, 3.63) is 30.1 Å². The van der Waals surface area contributed by atoms with Crippen molar-refractivity contribution in [1.82, 2.24) is 4.98 Å². The monoisotopic (exact) mass is 151 g/mol. The number of aromatic nitrogens is 1. The third-order valence-corrected chi connectivity index (χ3v) is 1.39. The van der Waals surface area contributed by atoms with Crippen LogP contribution in [0.1, 0.15) is 16.1 Å². The average molecular weight is 151 g/mol. The van der Waals surface area contributed by atoms with Crippen LogP contribution in [0.4, 0.5) is 0 Å². The van der Waals surface area contributed by atoms with Crippen LogP contribution in [-0.4, -0.2) is 18.1 Å². The number of carbonyl (C=O) groups is 1. The van der Waals surface area contributed by atoms with Crippen LogP contribution in [-0.2, 0) is 4.74 Å². The van der Waals surface area contributed by atoms with E-state index in [9.17, 15) is 4.79 Å². The summed E-state index contributed by atoms with van der Waals surface area (Å²) in [7, 11) is 1.35. The van der Waals surface area contributed by atoms with Crippen LogP contribution in [0, 0.1) is 0 Å². The lowest BCUT2D eigenvalue weighted by atomic mass is 10.2. The number of hydrogen-bond donors (Lipinski definition) is 1. The Labute approximate surface area is 64.7 Å². The molecular formula is C8H9NO2. The third kappa shape index (κ3) is 1.32. The lowest BCUT2D eigenvalue weighted by molar-refractivity contribution is 0.0601. The number of carbonyl (C=O) groups excluding carboxylic acids is 1. The second-order valence-corrected chi connectivity index (χ2v) is 2.00. The number of ether oxygens (including phenoxy) is 1. The largest absolute Gasteiger partial charge is 0.465 e. The van der Waals surface area contributed by atoms with Gasteiger partial charge < -0.3 is 9.72 Å². The number of H-pyrrole nitrogens is 1. The number of rotatable bonds is 2. The van der Waals surface area contributed by atoms with E-state index in [4.69, 9.17) is 0 Å². The van der Waals surface area contributed by atoms with E-state index in [1.54, 1.807) is 18.3 Å². The second kappa shape index (κ2) is 3.05. The van der Waals surface area contributed by atoms with E-state index in [-0.39, 0.29) is 5.97 Å². The van der Waals surface area contributed by atoms with Gasteiger partial charge in [-0.25, -0.2) is 4.79 Å². The standard InChI is InChI=1S/C8H9NO2/c1-3-7-6(4-5-9-7)8(10)11-2/h3-5,9H,1H2,2H3. The van der Waals surface area contributed by atoms with Gasteiger partial charge in [0.2, 0.25) is 0 Å². The van der Waals surface area contributed by atoms with Crippen molar-refractivity contribution in [1.29, 1.82) is 0 Å². The molecule has 0 atom stereocenters. The zero-order valence-electron chi connectivity index (χ0n) is 6.26. The molecule has 11 heavy (non-hydrogen) atoms. The SMILES string of the molecule is C=Cc1[nH]ccc1C(=O)OC. The fourth-order valence-corrected chi connectivity index (χ4v) is 0.839. The van der Waals surface area contributed by atoms with E-state index in [0.717, 1.165) is 0 Å². The maximum absolute atomic E-state index is 11.0. The molecule has 1 N–H and O–H groups in total. The molecule has 3 nitrogen and oxygen atoms in total. The Morgan fingerprint density at radius 1 is 1.82 bits per heavy atom.